The van der Waals surface area contributed by atoms with Gasteiger partial charge in [-0.05, 0) is 51.2 Å². The first-order chi connectivity index (χ1) is 12.9. The van der Waals surface area contributed by atoms with Crippen LogP contribution >= 0.6 is 0 Å². The second-order valence-corrected chi connectivity index (χ2v) is 7.76. The number of aromatic nitrogens is 1. The highest BCUT2D eigenvalue weighted by molar-refractivity contribution is 5.94. The molecule has 3 unspecified atom stereocenters. The molecule has 0 aliphatic carbocycles. The lowest BCUT2D eigenvalue weighted by Gasteiger charge is -2.36. The third-order valence-corrected chi connectivity index (χ3v) is 5.31. The van der Waals surface area contributed by atoms with Crippen molar-refractivity contribution < 1.29 is 19.4 Å². The molecule has 0 aromatic carbocycles. The molecule has 0 saturated carbocycles. The average Bonchev–Trinajstić information content (AvgIpc) is 2.65. The van der Waals surface area contributed by atoms with Crippen molar-refractivity contribution in [3.8, 4) is 0 Å². The van der Waals surface area contributed by atoms with Crippen molar-refractivity contribution in [2.24, 2.45) is 5.92 Å². The van der Waals surface area contributed by atoms with Gasteiger partial charge in [0, 0.05) is 38.8 Å². The molecule has 148 valence electrons. The summed E-state index contributed by atoms with van der Waals surface area (Å²) in [5.41, 5.74) is 0.590. The number of aliphatic carboxylic acids is 1. The summed E-state index contributed by atoms with van der Waals surface area (Å²) < 4.78 is 5.76. The van der Waals surface area contributed by atoms with E-state index in [-0.39, 0.29) is 30.5 Å². The largest absolute Gasteiger partial charge is 0.481 e. The summed E-state index contributed by atoms with van der Waals surface area (Å²) in [7, 11) is 0. The van der Waals surface area contributed by atoms with Crippen molar-refractivity contribution in [2.45, 2.75) is 51.7 Å². The minimum atomic E-state index is -0.773. The monoisotopic (exact) mass is 375 g/mol. The summed E-state index contributed by atoms with van der Waals surface area (Å²) in [5, 5.41) is 8.86. The third-order valence-electron chi connectivity index (χ3n) is 5.31. The molecule has 3 heterocycles. The van der Waals surface area contributed by atoms with Gasteiger partial charge in [0.05, 0.1) is 17.8 Å². The van der Waals surface area contributed by atoms with Crippen LogP contribution in [0.4, 0.5) is 5.82 Å². The molecule has 2 aliphatic heterocycles. The number of hydrogen-bond donors (Lipinski definition) is 1. The number of pyridine rings is 1. The highest BCUT2D eigenvalue weighted by atomic mass is 16.5. The van der Waals surface area contributed by atoms with E-state index >= 15 is 0 Å². The molecule has 2 fully saturated rings. The van der Waals surface area contributed by atoms with Crippen molar-refractivity contribution in [3.63, 3.8) is 0 Å². The number of carbonyl (C=O) groups excluding carboxylic acids is 1. The molecular formula is C20H29N3O4. The summed E-state index contributed by atoms with van der Waals surface area (Å²) in [5.74, 6) is 0.344. The van der Waals surface area contributed by atoms with Crippen LogP contribution in [0, 0.1) is 5.92 Å². The Kier molecular flexibility index (Phi) is 6.31. The predicted octanol–water partition coefficient (Wildman–Crippen LogP) is 2.41. The Morgan fingerprint density at radius 3 is 2.59 bits per heavy atom. The van der Waals surface area contributed by atoms with E-state index in [0.29, 0.717) is 18.5 Å². The van der Waals surface area contributed by atoms with Gasteiger partial charge in [0.1, 0.15) is 5.82 Å². The zero-order valence-electron chi connectivity index (χ0n) is 16.1. The van der Waals surface area contributed by atoms with E-state index in [2.05, 4.69) is 23.7 Å². The molecule has 3 atom stereocenters. The van der Waals surface area contributed by atoms with Gasteiger partial charge >= 0.3 is 5.97 Å². The maximum absolute atomic E-state index is 12.8. The number of carbonyl (C=O) groups is 2. The maximum Gasteiger partial charge on any atom is 0.303 e. The zero-order chi connectivity index (χ0) is 19.4. The van der Waals surface area contributed by atoms with Crippen molar-refractivity contribution in [1.29, 1.82) is 0 Å². The summed E-state index contributed by atoms with van der Waals surface area (Å²) >= 11 is 0. The second-order valence-electron chi connectivity index (χ2n) is 7.76. The minimum absolute atomic E-state index is 0.0159. The van der Waals surface area contributed by atoms with Crippen molar-refractivity contribution in [1.82, 2.24) is 9.88 Å². The summed E-state index contributed by atoms with van der Waals surface area (Å²) in [6, 6.07) is 3.75. The molecule has 1 amide bonds. The summed E-state index contributed by atoms with van der Waals surface area (Å²) in [4.78, 5) is 32.1. The number of nitrogens with zero attached hydrogens (tertiary/aromatic N) is 3. The molecule has 0 radical (unpaired) electrons. The van der Waals surface area contributed by atoms with E-state index in [9.17, 15) is 9.59 Å². The minimum Gasteiger partial charge on any atom is -0.481 e. The Morgan fingerprint density at radius 1 is 1.22 bits per heavy atom. The number of anilines is 1. The van der Waals surface area contributed by atoms with E-state index in [4.69, 9.17) is 9.84 Å². The van der Waals surface area contributed by atoms with E-state index in [1.165, 1.54) is 0 Å². The van der Waals surface area contributed by atoms with Gasteiger partial charge in [-0.15, -0.1) is 0 Å². The first-order valence-electron chi connectivity index (χ1n) is 9.80. The molecule has 2 saturated heterocycles. The Bertz CT molecular complexity index is 654. The van der Waals surface area contributed by atoms with Gasteiger partial charge in [-0.2, -0.15) is 0 Å². The normalized spacial score (nSPS) is 26.1. The van der Waals surface area contributed by atoms with E-state index in [1.807, 2.05) is 17.0 Å². The molecule has 7 heteroatoms. The fourth-order valence-electron chi connectivity index (χ4n) is 4.06. The van der Waals surface area contributed by atoms with Crippen molar-refractivity contribution in [3.05, 3.63) is 23.9 Å². The molecule has 3 rings (SSSR count). The third kappa shape index (κ3) is 5.19. The summed E-state index contributed by atoms with van der Waals surface area (Å²) in [6.07, 6.45) is 4.68. The molecule has 0 spiro atoms. The lowest BCUT2D eigenvalue weighted by atomic mass is 9.93. The fourth-order valence-corrected chi connectivity index (χ4v) is 4.06. The smallest absolute Gasteiger partial charge is 0.303 e. The molecule has 7 nitrogen and oxygen atoms in total. The number of amides is 1. The maximum atomic E-state index is 12.8. The van der Waals surface area contributed by atoms with Crippen LogP contribution in [0.3, 0.4) is 0 Å². The molecule has 1 N–H and O–H groups in total. The number of carboxylic acids is 1. The predicted molar refractivity (Wildman–Crippen MR) is 102 cm³/mol. The number of rotatable bonds is 5. The van der Waals surface area contributed by atoms with Gasteiger partial charge < -0.3 is 19.6 Å². The van der Waals surface area contributed by atoms with Crippen LogP contribution in [0.2, 0.25) is 0 Å². The Hall–Kier alpha value is -2.15. The lowest BCUT2D eigenvalue weighted by molar-refractivity contribution is -0.137. The number of carboxylic acid groups (broad SMARTS) is 1. The number of ether oxygens (including phenoxy) is 1. The standard InChI is InChI=1S/C20H29N3O4/c1-14-11-23(12-15(2)27-14)18-7-6-17(10-21-18)20(26)22-9-3-4-16(13-22)5-8-19(24)25/h6-7,10,14-16H,3-5,8-9,11-13H2,1-2H3,(H,24,25). The number of morpholine rings is 1. The van der Waals surface area contributed by atoms with Crippen LogP contribution < -0.4 is 4.90 Å². The van der Waals surface area contributed by atoms with E-state index in [0.717, 1.165) is 38.3 Å². The van der Waals surface area contributed by atoms with Crippen LogP contribution in [-0.4, -0.2) is 65.3 Å². The first kappa shape index (κ1) is 19.6. The van der Waals surface area contributed by atoms with Gasteiger partial charge in [0.15, 0.2) is 0 Å². The lowest BCUT2D eigenvalue weighted by Crippen LogP contribution is -2.45. The SMILES string of the molecule is CC1CN(c2ccc(C(=O)N3CCCC(CCC(=O)O)C3)cn2)CC(C)O1. The zero-order valence-corrected chi connectivity index (χ0v) is 16.1. The van der Waals surface area contributed by atoms with Gasteiger partial charge in [-0.3, -0.25) is 9.59 Å². The molecule has 27 heavy (non-hydrogen) atoms. The van der Waals surface area contributed by atoms with E-state index < -0.39 is 5.97 Å². The van der Waals surface area contributed by atoms with Crippen LogP contribution in [0.5, 0.6) is 0 Å². The van der Waals surface area contributed by atoms with Crippen molar-refractivity contribution >= 4 is 17.7 Å². The highest BCUT2D eigenvalue weighted by Crippen LogP contribution is 2.23. The second kappa shape index (κ2) is 8.69. The Morgan fingerprint density at radius 2 is 1.96 bits per heavy atom. The Balaban J connectivity index is 1.60. The first-order valence-corrected chi connectivity index (χ1v) is 9.80. The molecule has 2 aliphatic rings. The van der Waals surface area contributed by atoms with Gasteiger partial charge in [-0.1, -0.05) is 0 Å². The molecule has 1 aromatic rings. The topological polar surface area (TPSA) is 83.0 Å². The quantitative estimate of drug-likeness (QED) is 0.851. The van der Waals surface area contributed by atoms with Crippen LogP contribution in [0.1, 0.15) is 49.9 Å². The fraction of sp³-hybridized carbons (Fsp3) is 0.650. The number of hydrogen-bond acceptors (Lipinski definition) is 5. The van der Waals surface area contributed by atoms with Crippen LogP contribution in [-0.2, 0) is 9.53 Å². The number of likely N-dealkylation sites (tertiary alicyclic amines) is 1. The van der Waals surface area contributed by atoms with Gasteiger partial charge in [-0.25, -0.2) is 4.98 Å². The molecule has 1 aromatic heterocycles. The van der Waals surface area contributed by atoms with Crippen LogP contribution in [0.15, 0.2) is 18.3 Å². The molecular weight excluding hydrogens is 346 g/mol. The Labute approximate surface area is 160 Å². The van der Waals surface area contributed by atoms with E-state index in [1.54, 1.807) is 6.20 Å². The van der Waals surface area contributed by atoms with Gasteiger partial charge in [0.2, 0.25) is 0 Å². The number of piperidine rings is 1. The van der Waals surface area contributed by atoms with Crippen LogP contribution in [0.25, 0.3) is 0 Å². The highest BCUT2D eigenvalue weighted by Gasteiger charge is 2.26. The van der Waals surface area contributed by atoms with Crippen molar-refractivity contribution in [2.75, 3.05) is 31.1 Å². The molecule has 0 bridgehead atoms. The summed E-state index contributed by atoms with van der Waals surface area (Å²) in [6.45, 7) is 7.05. The van der Waals surface area contributed by atoms with Gasteiger partial charge in [0.25, 0.3) is 5.91 Å². The average molecular weight is 375 g/mol.